The van der Waals surface area contributed by atoms with Crippen LogP contribution in [0.1, 0.15) is 79.5 Å². The molecule has 0 aromatic heterocycles. The second-order valence-corrected chi connectivity index (χ2v) is 11.1. The Morgan fingerprint density at radius 3 is 2.05 bits per heavy atom. The molecule has 0 spiro atoms. The van der Waals surface area contributed by atoms with Crippen LogP contribution in [0.4, 0.5) is 16.2 Å². The van der Waals surface area contributed by atoms with Gasteiger partial charge in [-0.1, -0.05) is 74.0 Å². The predicted molar refractivity (Wildman–Crippen MR) is 173 cm³/mol. The second-order valence-electron chi connectivity index (χ2n) is 11.1. The standard InChI is InChI=1S/C35H47N5O2/c1-5-8-21-36-35(42)38-32-26(4)24-30(39(6-2)7-3)25-31(32)34(41)37-29-19-22-40(23-20-29)33(27-15-11-9-12-16-27)28-17-13-10-14-18-28/h9-18,24-25,29,33H,5-8,19-23H2,1-4H3,(H,37,41)(H2,36,38,42). The normalized spacial score (nSPS) is 14.0. The third-order valence-electron chi connectivity index (χ3n) is 8.21. The van der Waals surface area contributed by atoms with Gasteiger partial charge in [0.15, 0.2) is 0 Å². The predicted octanol–water partition coefficient (Wildman–Crippen LogP) is 6.75. The first-order chi connectivity index (χ1) is 20.4. The number of nitrogens with zero attached hydrogens (tertiary/aromatic N) is 2. The number of anilines is 2. The average molecular weight is 570 g/mol. The molecule has 1 heterocycles. The summed E-state index contributed by atoms with van der Waals surface area (Å²) in [7, 11) is 0. The van der Waals surface area contributed by atoms with Gasteiger partial charge in [-0.25, -0.2) is 4.79 Å². The number of likely N-dealkylation sites (tertiary alicyclic amines) is 1. The Hall–Kier alpha value is -3.84. The zero-order valence-electron chi connectivity index (χ0n) is 25.7. The number of carbonyl (C=O) groups excluding carboxylic acids is 2. The van der Waals surface area contributed by atoms with E-state index in [-0.39, 0.29) is 24.0 Å². The Balaban J connectivity index is 1.50. The quantitative estimate of drug-likeness (QED) is 0.211. The summed E-state index contributed by atoms with van der Waals surface area (Å²) < 4.78 is 0. The summed E-state index contributed by atoms with van der Waals surface area (Å²) >= 11 is 0. The van der Waals surface area contributed by atoms with Gasteiger partial charge in [0.05, 0.1) is 17.3 Å². The van der Waals surface area contributed by atoms with Crippen molar-refractivity contribution in [1.82, 2.24) is 15.5 Å². The maximum absolute atomic E-state index is 13.8. The molecule has 1 saturated heterocycles. The van der Waals surface area contributed by atoms with Gasteiger partial charge in [-0.15, -0.1) is 0 Å². The molecule has 3 aromatic carbocycles. The van der Waals surface area contributed by atoms with E-state index in [1.165, 1.54) is 11.1 Å². The van der Waals surface area contributed by atoms with E-state index in [2.05, 4.69) is 113 Å². The van der Waals surface area contributed by atoms with Gasteiger partial charge in [0, 0.05) is 44.5 Å². The van der Waals surface area contributed by atoms with E-state index >= 15 is 0 Å². The van der Waals surface area contributed by atoms with Gasteiger partial charge in [0.25, 0.3) is 5.91 Å². The lowest BCUT2D eigenvalue weighted by atomic mass is 9.94. The third kappa shape index (κ3) is 7.91. The maximum atomic E-state index is 13.8. The van der Waals surface area contributed by atoms with E-state index in [0.717, 1.165) is 63.1 Å². The fraction of sp³-hybridized carbons (Fsp3) is 0.429. The molecular formula is C35H47N5O2. The molecule has 1 aliphatic heterocycles. The molecule has 0 unspecified atom stereocenters. The van der Waals surface area contributed by atoms with Crippen molar-refractivity contribution in [3.63, 3.8) is 0 Å². The van der Waals surface area contributed by atoms with E-state index in [0.29, 0.717) is 17.8 Å². The van der Waals surface area contributed by atoms with Gasteiger partial charge in [-0.05, 0) is 68.9 Å². The van der Waals surface area contributed by atoms with Crippen molar-refractivity contribution in [1.29, 1.82) is 0 Å². The lowest BCUT2D eigenvalue weighted by molar-refractivity contribution is 0.0901. The molecule has 3 amide bonds. The molecule has 0 radical (unpaired) electrons. The van der Waals surface area contributed by atoms with Crippen LogP contribution in [0.5, 0.6) is 0 Å². The summed E-state index contributed by atoms with van der Waals surface area (Å²) in [6, 6.07) is 25.2. The van der Waals surface area contributed by atoms with Crippen molar-refractivity contribution in [2.75, 3.05) is 42.9 Å². The Kier molecular flexibility index (Phi) is 11.4. The summed E-state index contributed by atoms with van der Waals surface area (Å²) in [6.07, 6.45) is 3.63. The highest BCUT2D eigenvalue weighted by Crippen LogP contribution is 2.32. The van der Waals surface area contributed by atoms with E-state index < -0.39 is 0 Å². The van der Waals surface area contributed by atoms with Crippen molar-refractivity contribution < 1.29 is 9.59 Å². The van der Waals surface area contributed by atoms with Gasteiger partial charge in [0.2, 0.25) is 0 Å². The summed E-state index contributed by atoms with van der Waals surface area (Å²) in [6.45, 7) is 12.3. The Bertz CT molecular complexity index is 1250. The van der Waals surface area contributed by atoms with E-state index in [1.807, 2.05) is 13.0 Å². The molecule has 0 bridgehead atoms. The van der Waals surface area contributed by atoms with Gasteiger partial charge >= 0.3 is 6.03 Å². The Morgan fingerprint density at radius 1 is 0.905 bits per heavy atom. The monoisotopic (exact) mass is 569 g/mol. The number of amides is 3. The number of urea groups is 1. The lowest BCUT2D eigenvalue weighted by Crippen LogP contribution is -2.46. The van der Waals surface area contributed by atoms with Crippen LogP contribution in [0, 0.1) is 6.92 Å². The SMILES string of the molecule is CCCCNC(=O)Nc1c(C)cc(N(CC)CC)cc1C(=O)NC1CCN(C(c2ccccc2)c2ccccc2)CC1. The molecule has 4 rings (SSSR count). The fourth-order valence-corrected chi connectivity index (χ4v) is 5.87. The molecule has 0 aliphatic carbocycles. The van der Waals surface area contributed by atoms with E-state index in [9.17, 15) is 9.59 Å². The van der Waals surface area contributed by atoms with Crippen LogP contribution in [0.25, 0.3) is 0 Å². The number of rotatable bonds is 12. The van der Waals surface area contributed by atoms with E-state index in [4.69, 9.17) is 0 Å². The number of unbranched alkanes of at least 4 members (excludes halogenated alkanes) is 1. The third-order valence-corrected chi connectivity index (χ3v) is 8.21. The van der Waals surface area contributed by atoms with Crippen LogP contribution in [-0.4, -0.2) is 55.6 Å². The second kappa shape index (κ2) is 15.4. The molecular weight excluding hydrogens is 522 g/mol. The number of hydrogen-bond donors (Lipinski definition) is 3. The number of nitrogens with one attached hydrogen (secondary N) is 3. The molecule has 3 aromatic rings. The van der Waals surface area contributed by atoms with Crippen LogP contribution in [-0.2, 0) is 0 Å². The number of benzene rings is 3. The molecule has 1 aliphatic rings. The van der Waals surface area contributed by atoms with E-state index in [1.54, 1.807) is 0 Å². The number of hydrogen-bond acceptors (Lipinski definition) is 4. The molecule has 0 atom stereocenters. The topological polar surface area (TPSA) is 76.7 Å². The molecule has 224 valence electrons. The summed E-state index contributed by atoms with van der Waals surface area (Å²) in [5.41, 5.74) is 5.51. The number of carbonyl (C=O) groups is 2. The highest BCUT2D eigenvalue weighted by molar-refractivity contribution is 6.05. The van der Waals surface area contributed by atoms with Crippen LogP contribution in [0.2, 0.25) is 0 Å². The number of piperidine rings is 1. The highest BCUT2D eigenvalue weighted by atomic mass is 16.2. The average Bonchev–Trinajstić information content (AvgIpc) is 3.01. The lowest BCUT2D eigenvalue weighted by Gasteiger charge is -2.38. The molecule has 1 fully saturated rings. The summed E-state index contributed by atoms with van der Waals surface area (Å²) in [4.78, 5) is 31.3. The number of aryl methyl sites for hydroxylation is 1. The van der Waals surface area contributed by atoms with Crippen molar-refractivity contribution >= 4 is 23.3 Å². The van der Waals surface area contributed by atoms with Gasteiger partial charge in [-0.2, -0.15) is 0 Å². The summed E-state index contributed by atoms with van der Waals surface area (Å²) in [5, 5.41) is 9.20. The van der Waals surface area contributed by atoms with Crippen molar-refractivity contribution in [2.45, 2.75) is 65.5 Å². The van der Waals surface area contributed by atoms with Gasteiger partial charge < -0.3 is 20.9 Å². The van der Waals surface area contributed by atoms with Crippen LogP contribution < -0.4 is 20.9 Å². The molecule has 0 saturated carbocycles. The first-order valence-corrected chi connectivity index (χ1v) is 15.5. The summed E-state index contributed by atoms with van der Waals surface area (Å²) in [5.74, 6) is -0.142. The minimum Gasteiger partial charge on any atom is -0.372 e. The molecule has 7 nitrogen and oxygen atoms in total. The largest absolute Gasteiger partial charge is 0.372 e. The minimum atomic E-state index is -0.280. The van der Waals surface area contributed by atoms with Crippen LogP contribution in [0.15, 0.2) is 72.8 Å². The maximum Gasteiger partial charge on any atom is 0.319 e. The smallest absolute Gasteiger partial charge is 0.319 e. The first-order valence-electron chi connectivity index (χ1n) is 15.5. The van der Waals surface area contributed by atoms with Crippen LogP contribution in [0.3, 0.4) is 0 Å². The minimum absolute atomic E-state index is 0.0598. The molecule has 42 heavy (non-hydrogen) atoms. The van der Waals surface area contributed by atoms with Crippen molar-refractivity contribution in [3.05, 3.63) is 95.1 Å². The molecule has 7 heteroatoms. The van der Waals surface area contributed by atoms with Crippen molar-refractivity contribution in [3.8, 4) is 0 Å². The van der Waals surface area contributed by atoms with Crippen molar-refractivity contribution in [2.24, 2.45) is 0 Å². The first kappa shape index (κ1) is 31.1. The van der Waals surface area contributed by atoms with Crippen LogP contribution >= 0.6 is 0 Å². The Morgan fingerprint density at radius 2 is 1.50 bits per heavy atom. The zero-order chi connectivity index (χ0) is 29.9. The Labute approximate surface area is 251 Å². The van der Waals surface area contributed by atoms with Gasteiger partial charge in [-0.3, -0.25) is 9.69 Å². The molecule has 3 N–H and O–H groups in total. The van der Waals surface area contributed by atoms with Gasteiger partial charge in [0.1, 0.15) is 0 Å². The fourth-order valence-electron chi connectivity index (χ4n) is 5.87. The zero-order valence-corrected chi connectivity index (χ0v) is 25.7. The highest BCUT2D eigenvalue weighted by Gasteiger charge is 2.29.